The van der Waals surface area contributed by atoms with E-state index in [0.717, 1.165) is 28.5 Å². The topological polar surface area (TPSA) is 0 Å². The van der Waals surface area contributed by atoms with Crippen molar-refractivity contribution in [3.05, 3.63) is 118 Å². The molecule has 0 atom stereocenters. The third-order valence-corrected chi connectivity index (χ3v) is 7.02. The summed E-state index contributed by atoms with van der Waals surface area (Å²) in [7, 11) is 0. The van der Waals surface area contributed by atoms with Gasteiger partial charge in [0.05, 0.1) is 6.42 Å². The fraction of sp³-hybridized carbons (Fsp3) is 0.314. The second kappa shape index (κ2) is 13.5. The van der Waals surface area contributed by atoms with E-state index >= 15 is 4.39 Å². The second-order valence-electron chi connectivity index (χ2n) is 10.2. The van der Waals surface area contributed by atoms with E-state index in [9.17, 15) is 13.2 Å². The van der Waals surface area contributed by atoms with Gasteiger partial charge in [-0.15, -0.1) is 0 Å². The van der Waals surface area contributed by atoms with E-state index < -0.39 is 12.6 Å². The highest BCUT2D eigenvalue weighted by Crippen LogP contribution is 2.25. The summed E-state index contributed by atoms with van der Waals surface area (Å²) in [5.41, 5.74) is 4.82. The lowest BCUT2D eigenvalue weighted by Gasteiger charge is -2.09. The molecule has 0 nitrogen and oxygen atoms in total. The number of unbranched alkanes of at least 4 members (excludes halogenated alkanes) is 4. The largest absolute Gasteiger partial charge is 0.393 e. The van der Waals surface area contributed by atoms with Gasteiger partial charge in [-0.05, 0) is 77.6 Å². The van der Waals surface area contributed by atoms with E-state index in [1.165, 1.54) is 49.8 Å². The van der Waals surface area contributed by atoms with E-state index in [1.807, 2.05) is 18.2 Å². The molecular weight excluding hydrogens is 496 g/mol. The van der Waals surface area contributed by atoms with E-state index in [0.29, 0.717) is 23.8 Å². The smallest absolute Gasteiger partial charge is 0.206 e. The minimum absolute atomic E-state index is 0.229. The van der Waals surface area contributed by atoms with Gasteiger partial charge in [0.25, 0.3) is 0 Å². The number of rotatable bonds is 10. The number of alkyl halides is 3. The number of hydrogen-bond acceptors (Lipinski definition) is 0. The van der Waals surface area contributed by atoms with Gasteiger partial charge in [0.2, 0.25) is 0 Å². The molecule has 4 heteroatoms. The quantitative estimate of drug-likeness (QED) is 0.109. The molecule has 0 saturated carbocycles. The van der Waals surface area contributed by atoms with Gasteiger partial charge < -0.3 is 0 Å². The van der Waals surface area contributed by atoms with Crippen LogP contribution in [0.25, 0.3) is 10.8 Å². The Bertz CT molecular complexity index is 1420. The first kappa shape index (κ1) is 28.4. The van der Waals surface area contributed by atoms with Crippen molar-refractivity contribution in [3.63, 3.8) is 0 Å². The maximum absolute atomic E-state index is 15.2. The average Bonchev–Trinajstić information content (AvgIpc) is 2.92. The summed E-state index contributed by atoms with van der Waals surface area (Å²) in [4.78, 5) is 0. The predicted molar refractivity (Wildman–Crippen MR) is 152 cm³/mol. The molecule has 0 N–H and O–H groups in total. The van der Waals surface area contributed by atoms with Gasteiger partial charge in [-0.1, -0.05) is 99.0 Å². The molecule has 0 spiro atoms. The Morgan fingerprint density at radius 3 is 1.95 bits per heavy atom. The van der Waals surface area contributed by atoms with Gasteiger partial charge in [-0.3, -0.25) is 0 Å². The Labute approximate surface area is 229 Å². The minimum atomic E-state index is -4.22. The molecule has 0 radical (unpaired) electrons. The molecule has 0 saturated heterocycles. The molecule has 0 amide bonds. The van der Waals surface area contributed by atoms with Crippen molar-refractivity contribution in [3.8, 4) is 11.8 Å². The zero-order chi connectivity index (χ0) is 27.7. The molecule has 0 aliphatic carbocycles. The Hall–Kier alpha value is -3.58. The first-order valence-corrected chi connectivity index (χ1v) is 13.8. The van der Waals surface area contributed by atoms with Crippen LogP contribution >= 0.6 is 0 Å². The molecule has 0 aliphatic heterocycles. The second-order valence-corrected chi connectivity index (χ2v) is 10.2. The van der Waals surface area contributed by atoms with Crippen molar-refractivity contribution in [2.45, 2.75) is 70.9 Å². The van der Waals surface area contributed by atoms with Gasteiger partial charge in [-0.2, -0.15) is 13.2 Å². The third-order valence-electron chi connectivity index (χ3n) is 7.02. The van der Waals surface area contributed by atoms with Gasteiger partial charge in [0, 0.05) is 16.5 Å². The Balaban J connectivity index is 1.36. The molecule has 0 aliphatic rings. The maximum atomic E-state index is 15.2. The summed E-state index contributed by atoms with van der Waals surface area (Å²) < 4.78 is 52.9. The van der Waals surface area contributed by atoms with E-state index in [2.05, 4.69) is 43.0 Å². The monoisotopic (exact) mass is 530 g/mol. The van der Waals surface area contributed by atoms with Crippen molar-refractivity contribution < 1.29 is 17.6 Å². The molecule has 0 unspecified atom stereocenters. The summed E-state index contributed by atoms with van der Waals surface area (Å²) in [6, 6.07) is 24.0. The fourth-order valence-electron chi connectivity index (χ4n) is 4.77. The van der Waals surface area contributed by atoms with Crippen molar-refractivity contribution in [2.24, 2.45) is 0 Å². The van der Waals surface area contributed by atoms with Crippen molar-refractivity contribution in [1.82, 2.24) is 0 Å². The van der Waals surface area contributed by atoms with Crippen LogP contribution in [0.15, 0.2) is 78.9 Å². The Kier molecular flexibility index (Phi) is 9.82. The van der Waals surface area contributed by atoms with E-state index in [1.54, 1.807) is 24.3 Å². The SMILES string of the molecule is CCCCCCCc1ccc(C#Cc2ccc3c(F)c(CCc4ccc(CC(F)(F)F)cc4)ccc3c2)cc1. The van der Waals surface area contributed by atoms with Crippen LogP contribution in [0.3, 0.4) is 0 Å². The lowest BCUT2D eigenvalue weighted by atomic mass is 9.98. The molecule has 0 fully saturated rings. The third kappa shape index (κ3) is 8.72. The van der Waals surface area contributed by atoms with Crippen molar-refractivity contribution in [1.29, 1.82) is 0 Å². The number of aryl methyl sites for hydroxylation is 3. The van der Waals surface area contributed by atoms with E-state index in [4.69, 9.17) is 0 Å². The van der Waals surface area contributed by atoms with Gasteiger partial charge in [-0.25, -0.2) is 4.39 Å². The summed E-state index contributed by atoms with van der Waals surface area (Å²) in [5, 5.41) is 1.33. The van der Waals surface area contributed by atoms with Crippen LogP contribution in [0.1, 0.15) is 72.4 Å². The highest BCUT2D eigenvalue weighted by atomic mass is 19.4. The zero-order valence-electron chi connectivity index (χ0n) is 22.4. The first-order valence-electron chi connectivity index (χ1n) is 13.8. The highest BCUT2D eigenvalue weighted by Gasteiger charge is 2.27. The molecule has 0 bridgehead atoms. The standard InChI is InChI=1S/C35H34F4/c1-2-3-4-5-6-7-26-8-10-27(11-9-26)12-15-29-19-23-33-32(24-29)22-21-31(34(33)36)20-18-28-13-16-30(17-14-28)25-35(37,38)39/h8-11,13-14,16-17,19,21-24H,2-7,18,20,25H2,1H3. The Morgan fingerprint density at radius 1 is 0.615 bits per heavy atom. The number of hydrogen-bond donors (Lipinski definition) is 0. The molecular formula is C35H34F4. The minimum Gasteiger partial charge on any atom is -0.206 e. The molecule has 39 heavy (non-hydrogen) atoms. The van der Waals surface area contributed by atoms with Crippen LogP contribution in [0.2, 0.25) is 0 Å². The number of halogens is 4. The lowest BCUT2D eigenvalue weighted by Crippen LogP contribution is -2.11. The van der Waals surface area contributed by atoms with Crippen LogP contribution < -0.4 is 0 Å². The molecule has 4 aromatic carbocycles. The first-order chi connectivity index (χ1) is 18.8. The van der Waals surface area contributed by atoms with Gasteiger partial charge in [0.15, 0.2) is 0 Å². The maximum Gasteiger partial charge on any atom is 0.393 e. The van der Waals surface area contributed by atoms with Crippen LogP contribution in [0, 0.1) is 17.7 Å². The average molecular weight is 531 g/mol. The zero-order valence-corrected chi connectivity index (χ0v) is 22.4. The summed E-state index contributed by atoms with van der Waals surface area (Å²) in [6.45, 7) is 2.23. The molecule has 202 valence electrons. The molecule has 0 heterocycles. The van der Waals surface area contributed by atoms with Crippen LogP contribution in [-0.2, 0) is 25.7 Å². The summed E-state index contributed by atoms with van der Waals surface area (Å²) in [6.07, 6.45) is 3.34. The van der Waals surface area contributed by atoms with Crippen molar-refractivity contribution in [2.75, 3.05) is 0 Å². The van der Waals surface area contributed by atoms with Crippen LogP contribution in [0.4, 0.5) is 17.6 Å². The molecule has 4 aromatic rings. The molecule has 4 rings (SSSR count). The lowest BCUT2D eigenvalue weighted by molar-refractivity contribution is -0.127. The highest BCUT2D eigenvalue weighted by molar-refractivity contribution is 5.85. The van der Waals surface area contributed by atoms with Crippen LogP contribution in [-0.4, -0.2) is 6.18 Å². The fourth-order valence-corrected chi connectivity index (χ4v) is 4.77. The Morgan fingerprint density at radius 2 is 1.23 bits per heavy atom. The number of benzene rings is 4. The van der Waals surface area contributed by atoms with Gasteiger partial charge >= 0.3 is 6.18 Å². The van der Waals surface area contributed by atoms with E-state index in [-0.39, 0.29) is 11.4 Å². The van der Waals surface area contributed by atoms with Crippen LogP contribution in [0.5, 0.6) is 0 Å². The normalized spacial score (nSPS) is 11.4. The predicted octanol–water partition coefficient (Wildman–Crippen LogP) is 9.78. The summed E-state index contributed by atoms with van der Waals surface area (Å²) >= 11 is 0. The summed E-state index contributed by atoms with van der Waals surface area (Å²) in [5.74, 6) is 6.15. The molecule has 0 aromatic heterocycles. The number of fused-ring (bicyclic) bond motifs is 1. The van der Waals surface area contributed by atoms with Gasteiger partial charge in [0.1, 0.15) is 5.82 Å². The van der Waals surface area contributed by atoms with Crippen molar-refractivity contribution >= 4 is 10.8 Å².